The van der Waals surface area contributed by atoms with Crippen LogP contribution in [0.15, 0.2) is 41.7 Å². The molecule has 2 heterocycles. The molecule has 2 N–H and O–H groups in total. The van der Waals surface area contributed by atoms with Crippen LogP contribution in [0.5, 0.6) is 0 Å². The van der Waals surface area contributed by atoms with Gasteiger partial charge in [-0.15, -0.1) is 0 Å². The van der Waals surface area contributed by atoms with Crippen molar-refractivity contribution in [3.05, 3.63) is 47.8 Å². The Kier molecular flexibility index (Phi) is 3.58. The molecule has 4 rings (SSSR count). The molecular formula is C19H20N6O. The Morgan fingerprint density at radius 2 is 2.15 bits per heavy atom. The molecule has 1 aliphatic carbocycles. The van der Waals surface area contributed by atoms with E-state index in [0.29, 0.717) is 11.5 Å². The highest BCUT2D eigenvalue weighted by molar-refractivity contribution is 6.00. The lowest BCUT2D eigenvalue weighted by molar-refractivity contribution is -0.135. The first-order chi connectivity index (χ1) is 12.4. The zero-order valence-electron chi connectivity index (χ0n) is 14.8. The lowest BCUT2D eigenvalue weighted by Crippen LogP contribution is -2.54. The quantitative estimate of drug-likeness (QED) is 0.913. The first-order valence-electron chi connectivity index (χ1n) is 8.62. The Bertz CT molecular complexity index is 951. The lowest BCUT2D eigenvalue weighted by Gasteiger charge is -2.40. The smallest absolute Gasteiger partial charge is 0.235 e. The van der Waals surface area contributed by atoms with E-state index in [1.165, 1.54) is 4.90 Å². The van der Waals surface area contributed by atoms with Gasteiger partial charge in [0.15, 0.2) is 5.96 Å². The van der Waals surface area contributed by atoms with Gasteiger partial charge in [0.1, 0.15) is 5.54 Å². The topological polar surface area (TPSA) is 100 Å². The van der Waals surface area contributed by atoms with E-state index in [2.05, 4.69) is 11.2 Å². The van der Waals surface area contributed by atoms with Gasteiger partial charge in [-0.3, -0.25) is 9.69 Å². The number of hydrogen-bond acceptors (Lipinski definition) is 5. The zero-order valence-corrected chi connectivity index (χ0v) is 14.8. The van der Waals surface area contributed by atoms with Crippen molar-refractivity contribution in [3.8, 4) is 11.8 Å². The Balaban J connectivity index is 1.77. The number of carbonyl (C=O) groups is 1. The van der Waals surface area contributed by atoms with Crippen molar-refractivity contribution in [3.63, 3.8) is 0 Å². The number of aliphatic imine (C=N–C) groups is 1. The van der Waals surface area contributed by atoms with Gasteiger partial charge in [-0.05, 0) is 43.9 Å². The summed E-state index contributed by atoms with van der Waals surface area (Å²) >= 11 is 0. The molecule has 0 spiro atoms. The largest absolute Gasteiger partial charge is 0.369 e. The number of amides is 1. The molecule has 1 aromatic heterocycles. The summed E-state index contributed by atoms with van der Waals surface area (Å²) < 4.78 is 1.71. The number of guanidine groups is 1. The Morgan fingerprint density at radius 3 is 2.85 bits per heavy atom. The molecule has 2 atom stereocenters. The molecule has 1 amide bonds. The number of hydrogen-bond donors (Lipinski definition) is 1. The van der Waals surface area contributed by atoms with Crippen molar-refractivity contribution in [2.45, 2.75) is 25.3 Å². The van der Waals surface area contributed by atoms with Crippen LogP contribution < -0.4 is 5.73 Å². The summed E-state index contributed by atoms with van der Waals surface area (Å²) in [5.41, 5.74) is 7.48. The van der Waals surface area contributed by atoms with E-state index in [0.717, 1.165) is 24.1 Å². The molecule has 1 saturated carbocycles. The molecule has 2 aliphatic rings. The maximum absolute atomic E-state index is 12.9. The standard InChI is InChI=1S/C19H20N6O/c1-19(16(13-6-7-13)17(26)24(2)18(21)23-19)14-10-22-25(11-14)15-5-3-4-12(8-15)9-20/h3-5,8,10-11,13,16H,6-7H2,1-2H3,(H2,21,23)/t16-,19-/m1/s1. The number of aromatic nitrogens is 2. The van der Waals surface area contributed by atoms with Gasteiger partial charge in [-0.1, -0.05) is 6.07 Å². The summed E-state index contributed by atoms with van der Waals surface area (Å²) in [7, 11) is 1.67. The number of nitrogens with two attached hydrogens (primary N) is 1. The average molecular weight is 348 g/mol. The van der Waals surface area contributed by atoms with Crippen LogP contribution in [0.4, 0.5) is 0 Å². The average Bonchev–Trinajstić information content (AvgIpc) is 3.33. The van der Waals surface area contributed by atoms with E-state index in [-0.39, 0.29) is 17.8 Å². The summed E-state index contributed by atoms with van der Waals surface area (Å²) in [5, 5.41) is 13.5. The van der Waals surface area contributed by atoms with Gasteiger partial charge in [-0.2, -0.15) is 10.4 Å². The van der Waals surface area contributed by atoms with Crippen LogP contribution in [-0.4, -0.2) is 33.6 Å². The SMILES string of the molecule is CN1C(=O)[C@@H](C2CC2)[C@@](C)(c2cnn(-c3cccc(C#N)c3)c2)N=C1N. The van der Waals surface area contributed by atoms with E-state index in [9.17, 15) is 4.79 Å². The van der Waals surface area contributed by atoms with E-state index in [1.807, 2.05) is 25.3 Å². The predicted molar refractivity (Wildman–Crippen MR) is 96.2 cm³/mol. The van der Waals surface area contributed by atoms with Crippen LogP contribution in [0, 0.1) is 23.2 Å². The number of benzene rings is 1. The predicted octanol–water partition coefficient (Wildman–Crippen LogP) is 1.77. The molecular weight excluding hydrogens is 328 g/mol. The highest BCUT2D eigenvalue weighted by Crippen LogP contribution is 2.50. The normalized spacial score (nSPS) is 25.7. The molecule has 1 aliphatic heterocycles. The third kappa shape index (κ3) is 2.46. The van der Waals surface area contributed by atoms with Gasteiger partial charge < -0.3 is 5.73 Å². The monoisotopic (exact) mass is 348 g/mol. The maximum Gasteiger partial charge on any atom is 0.235 e. The molecule has 0 unspecified atom stereocenters. The fourth-order valence-electron chi connectivity index (χ4n) is 3.72. The van der Waals surface area contributed by atoms with Gasteiger partial charge in [0.2, 0.25) is 5.91 Å². The number of rotatable bonds is 3. The zero-order chi connectivity index (χ0) is 18.5. The van der Waals surface area contributed by atoms with Crippen LogP contribution >= 0.6 is 0 Å². The highest BCUT2D eigenvalue weighted by Gasteiger charge is 2.53. The Labute approximate surface area is 151 Å². The summed E-state index contributed by atoms with van der Waals surface area (Å²) in [6.07, 6.45) is 5.69. The Hall–Kier alpha value is -3.14. The lowest BCUT2D eigenvalue weighted by atomic mass is 9.76. The third-order valence-corrected chi connectivity index (χ3v) is 5.39. The van der Waals surface area contributed by atoms with Crippen LogP contribution in [0.25, 0.3) is 5.69 Å². The van der Waals surface area contributed by atoms with Crippen molar-refractivity contribution in [1.82, 2.24) is 14.7 Å². The second kappa shape index (κ2) is 5.70. The van der Waals surface area contributed by atoms with E-state index in [1.54, 1.807) is 30.1 Å². The molecule has 0 radical (unpaired) electrons. The molecule has 132 valence electrons. The minimum atomic E-state index is -0.736. The second-order valence-corrected chi connectivity index (χ2v) is 7.17. The summed E-state index contributed by atoms with van der Waals surface area (Å²) in [6.45, 7) is 1.96. The fourth-order valence-corrected chi connectivity index (χ4v) is 3.72. The van der Waals surface area contributed by atoms with Gasteiger partial charge >= 0.3 is 0 Å². The van der Waals surface area contributed by atoms with Crippen LogP contribution in [0.3, 0.4) is 0 Å². The van der Waals surface area contributed by atoms with Gasteiger partial charge in [0.05, 0.1) is 29.4 Å². The van der Waals surface area contributed by atoms with Crippen molar-refractivity contribution >= 4 is 11.9 Å². The molecule has 26 heavy (non-hydrogen) atoms. The van der Waals surface area contributed by atoms with Gasteiger partial charge in [0.25, 0.3) is 0 Å². The van der Waals surface area contributed by atoms with E-state index in [4.69, 9.17) is 16.0 Å². The van der Waals surface area contributed by atoms with Gasteiger partial charge in [0, 0.05) is 18.8 Å². The molecule has 2 aromatic rings. The first-order valence-corrected chi connectivity index (χ1v) is 8.62. The molecule has 0 bridgehead atoms. The molecule has 0 saturated heterocycles. The maximum atomic E-state index is 12.9. The number of nitriles is 1. The fraction of sp³-hybridized carbons (Fsp3) is 0.368. The third-order valence-electron chi connectivity index (χ3n) is 5.39. The summed E-state index contributed by atoms with van der Waals surface area (Å²) in [6, 6.07) is 9.36. The van der Waals surface area contributed by atoms with Crippen LogP contribution in [0.1, 0.15) is 30.9 Å². The Morgan fingerprint density at radius 1 is 1.38 bits per heavy atom. The molecule has 7 heteroatoms. The minimum Gasteiger partial charge on any atom is -0.369 e. The number of nitrogens with zero attached hydrogens (tertiary/aromatic N) is 5. The van der Waals surface area contributed by atoms with E-state index >= 15 is 0 Å². The number of carbonyl (C=O) groups excluding carboxylic acids is 1. The summed E-state index contributed by atoms with van der Waals surface area (Å²) in [4.78, 5) is 19.0. The molecule has 1 aromatic carbocycles. The van der Waals surface area contributed by atoms with Crippen molar-refractivity contribution in [2.75, 3.05) is 7.05 Å². The van der Waals surface area contributed by atoms with Crippen molar-refractivity contribution < 1.29 is 4.79 Å². The molecule has 1 fully saturated rings. The van der Waals surface area contributed by atoms with Crippen molar-refractivity contribution in [2.24, 2.45) is 22.6 Å². The van der Waals surface area contributed by atoms with Gasteiger partial charge in [-0.25, -0.2) is 9.67 Å². The first kappa shape index (κ1) is 16.3. The van der Waals surface area contributed by atoms with Crippen molar-refractivity contribution in [1.29, 1.82) is 5.26 Å². The summed E-state index contributed by atoms with van der Waals surface area (Å²) in [5.74, 6) is 0.343. The van der Waals surface area contributed by atoms with Crippen LogP contribution in [-0.2, 0) is 10.3 Å². The highest BCUT2D eigenvalue weighted by atomic mass is 16.2. The minimum absolute atomic E-state index is 0.0155. The van der Waals surface area contributed by atoms with Crippen LogP contribution in [0.2, 0.25) is 0 Å². The molecule has 7 nitrogen and oxygen atoms in total. The second-order valence-electron chi connectivity index (χ2n) is 7.17. The van der Waals surface area contributed by atoms with E-state index < -0.39 is 5.54 Å².